The van der Waals surface area contributed by atoms with Gasteiger partial charge in [0.05, 0.1) is 23.4 Å². The van der Waals surface area contributed by atoms with E-state index in [1.807, 2.05) is 18.2 Å². The van der Waals surface area contributed by atoms with Gasteiger partial charge in [0.25, 0.3) is 5.91 Å². The number of alkyl halides is 3. The molecule has 2 aliphatic rings. The molecule has 0 bridgehead atoms. The highest BCUT2D eigenvalue weighted by molar-refractivity contribution is 7.99. The van der Waals surface area contributed by atoms with E-state index in [2.05, 4.69) is 43.1 Å². The number of benzene rings is 1. The Hall–Kier alpha value is -1.55. The summed E-state index contributed by atoms with van der Waals surface area (Å²) in [5.41, 5.74) is 2.18. The minimum absolute atomic E-state index is 0.0991. The molecule has 2 aromatic rings. The van der Waals surface area contributed by atoms with Crippen molar-refractivity contribution in [3.8, 4) is 0 Å². The Bertz CT molecular complexity index is 1060. The molecule has 9 heteroatoms. The average Bonchev–Trinajstić information content (AvgIpc) is 3.42. The minimum atomic E-state index is -4.07. The van der Waals surface area contributed by atoms with E-state index < -0.39 is 12.1 Å². The van der Waals surface area contributed by atoms with Crippen LogP contribution in [0.1, 0.15) is 84.2 Å². The van der Waals surface area contributed by atoms with Crippen LogP contribution in [0.3, 0.4) is 0 Å². The van der Waals surface area contributed by atoms with Crippen molar-refractivity contribution >= 4 is 29.0 Å². The van der Waals surface area contributed by atoms with E-state index in [1.54, 1.807) is 30.2 Å². The predicted octanol–water partition coefficient (Wildman–Crippen LogP) is 7.86. The summed E-state index contributed by atoms with van der Waals surface area (Å²) in [6.07, 6.45) is -2.33. The largest absolute Gasteiger partial charge is 0.391 e. The molecule has 4 rings (SSSR count). The van der Waals surface area contributed by atoms with Crippen molar-refractivity contribution in [3.63, 3.8) is 0 Å². The fourth-order valence-electron chi connectivity index (χ4n) is 5.90. The van der Waals surface area contributed by atoms with E-state index in [1.165, 1.54) is 15.3 Å². The third-order valence-corrected chi connectivity index (χ3v) is 9.91. The number of hydrogen-bond acceptors (Lipinski definition) is 5. The highest BCUT2D eigenvalue weighted by Crippen LogP contribution is 2.46. The van der Waals surface area contributed by atoms with Crippen molar-refractivity contribution in [2.24, 2.45) is 17.8 Å². The van der Waals surface area contributed by atoms with Crippen molar-refractivity contribution < 1.29 is 22.7 Å². The number of hydrogen-bond donors (Lipinski definition) is 1. The third-order valence-electron chi connectivity index (χ3n) is 7.77. The Morgan fingerprint density at radius 3 is 2.45 bits per heavy atom. The molecule has 0 radical (unpaired) electrons. The summed E-state index contributed by atoms with van der Waals surface area (Å²) in [5, 5.41) is 3.16. The van der Waals surface area contributed by atoms with Crippen molar-refractivity contribution in [1.82, 2.24) is 10.2 Å². The zero-order valence-corrected chi connectivity index (χ0v) is 24.3. The number of ether oxygens (including phenoxy) is 1. The van der Waals surface area contributed by atoms with Crippen molar-refractivity contribution in [2.75, 3.05) is 26.0 Å². The quantitative estimate of drug-likeness (QED) is 0.296. The molecule has 1 aliphatic carbocycles. The van der Waals surface area contributed by atoms with Crippen molar-refractivity contribution in [3.05, 3.63) is 51.2 Å². The summed E-state index contributed by atoms with van der Waals surface area (Å²) in [4.78, 5) is 18.8. The van der Waals surface area contributed by atoms with Crippen LogP contribution >= 0.6 is 23.1 Å². The summed E-state index contributed by atoms with van der Waals surface area (Å²) in [6, 6.07) is 10.2. The summed E-state index contributed by atoms with van der Waals surface area (Å²) in [5.74, 6) is 0.407. The molecular weight excluding hydrogens is 529 g/mol. The summed E-state index contributed by atoms with van der Waals surface area (Å²) in [7, 11) is 1.64. The van der Waals surface area contributed by atoms with Crippen molar-refractivity contribution in [2.45, 2.75) is 76.2 Å². The topological polar surface area (TPSA) is 41.6 Å². The fraction of sp³-hybridized carbons (Fsp3) is 0.621. The Balaban J connectivity index is 1.41. The maximum Gasteiger partial charge on any atom is 0.391 e. The van der Waals surface area contributed by atoms with Gasteiger partial charge in [0.2, 0.25) is 0 Å². The first-order valence-electron chi connectivity index (χ1n) is 13.6. The van der Waals surface area contributed by atoms with E-state index in [0.717, 1.165) is 24.4 Å². The lowest BCUT2D eigenvalue weighted by Gasteiger charge is -2.35. The molecule has 2 unspecified atom stereocenters. The number of methoxy groups -OCH3 is 1. The lowest BCUT2D eigenvalue weighted by atomic mass is 9.81. The van der Waals surface area contributed by atoms with Gasteiger partial charge in [-0.2, -0.15) is 13.2 Å². The van der Waals surface area contributed by atoms with Gasteiger partial charge in [0.15, 0.2) is 0 Å². The molecule has 0 spiro atoms. The maximum absolute atomic E-state index is 13.3. The molecule has 2 heterocycles. The van der Waals surface area contributed by atoms with Gasteiger partial charge in [-0.25, -0.2) is 0 Å². The molecule has 38 heavy (non-hydrogen) atoms. The Labute approximate surface area is 232 Å². The van der Waals surface area contributed by atoms with Gasteiger partial charge in [-0.05, 0) is 72.6 Å². The van der Waals surface area contributed by atoms with Crippen LogP contribution in [0.2, 0.25) is 0 Å². The highest BCUT2D eigenvalue weighted by atomic mass is 32.2. The Kier molecular flexibility index (Phi) is 9.87. The Morgan fingerprint density at radius 2 is 1.87 bits per heavy atom. The normalized spacial score (nSPS) is 23.0. The zero-order valence-electron chi connectivity index (χ0n) is 22.6. The van der Waals surface area contributed by atoms with E-state index in [4.69, 9.17) is 4.74 Å². The SMILES string of the molecule is CCSc1ccc(C(COC)NC(=O)c2cc3c(s2)C(C(C)C)N(CC2CCC(C(F)(F)F)CC2)C3)cc1. The predicted molar refractivity (Wildman–Crippen MR) is 149 cm³/mol. The second kappa shape index (κ2) is 12.7. The minimum Gasteiger partial charge on any atom is -0.382 e. The number of carbonyl (C=O) groups excluding carboxylic acids is 1. The molecule has 1 N–H and O–H groups in total. The van der Waals surface area contributed by atoms with Gasteiger partial charge < -0.3 is 10.1 Å². The maximum atomic E-state index is 13.3. The fourth-order valence-corrected chi connectivity index (χ4v) is 7.95. The zero-order chi connectivity index (χ0) is 27.4. The van der Waals surface area contributed by atoms with Crippen LogP contribution in [0.4, 0.5) is 13.2 Å². The average molecular weight is 569 g/mol. The van der Waals surface area contributed by atoms with Crippen LogP contribution in [-0.4, -0.2) is 43.0 Å². The van der Waals surface area contributed by atoms with Crippen LogP contribution < -0.4 is 5.32 Å². The molecule has 1 amide bonds. The second-order valence-corrected chi connectivity index (χ2v) is 13.3. The van der Waals surface area contributed by atoms with Gasteiger partial charge in [-0.15, -0.1) is 23.1 Å². The van der Waals surface area contributed by atoms with Gasteiger partial charge in [-0.1, -0.05) is 32.9 Å². The van der Waals surface area contributed by atoms with E-state index in [9.17, 15) is 18.0 Å². The van der Waals surface area contributed by atoms with Gasteiger partial charge in [0, 0.05) is 36.0 Å². The van der Waals surface area contributed by atoms with Crippen LogP contribution in [0.5, 0.6) is 0 Å². The lowest BCUT2D eigenvalue weighted by molar-refractivity contribution is -0.184. The third kappa shape index (κ3) is 6.95. The van der Waals surface area contributed by atoms with Crippen LogP contribution in [-0.2, 0) is 11.3 Å². The number of halogens is 3. The molecule has 4 nitrogen and oxygen atoms in total. The molecule has 1 fully saturated rings. The van der Waals surface area contributed by atoms with E-state index >= 15 is 0 Å². The molecule has 1 saturated carbocycles. The lowest BCUT2D eigenvalue weighted by Crippen LogP contribution is -2.35. The number of carbonyl (C=O) groups is 1. The summed E-state index contributed by atoms with van der Waals surface area (Å²) in [6.45, 7) is 8.44. The number of nitrogens with zero attached hydrogens (tertiary/aromatic N) is 1. The van der Waals surface area contributed by atoms with Crippen LogP contribution in [0.15, 0.2) is 35.2 Å². The smallest absolute Gasteiger partial charge is 0.382 e. The molecule has 1 aromatic heterocycles. The first kappa shape index (κ1) is 29.4. The first-order chi connectivity index (χ1) is 18.1. The number of thiophene rings is 1. The van der Waals surface area contributed by atoms with Gasteiger partial charge in [-0.3, -0.25) is 9.69 Å². The van der Waals surface area contributed by atoms with Crippen LogP contribution in [0, 0.1) is 17.8 Å². The standard InChI is InChI=1S/C29H39F3N2O2S2/c1-5-37-23-12-8-20(9-13-23)24(17-36-4)33-28(35)25-14-21-16-34(26(18(2)3)27(21)38-25)15-19-6-10-22(11-7-19)29(30,31)32/h8-9,12-14,18-19,22,24,26H,5-7,10-11,15-17H2,1-4H3,(H,33,35). The number of thioether (sulfide) groups is 1. The van der Waals surface area contributed by atoms with E-state index in [-0.39, 0.29) is 30.8 Å². The molecule has 210 valence electrons. The first-order valence-corrected chi connectivity index (χ1v) is 15.4. The molecular formula is C29H39F3N2O2S2. The monoisotopic (exact) mass is 568 g/mol. The van der Waals surface area contributed by atoms with Gasteiger partial charge >= 0.3 is 6.18 Å². The number of rotatable bonds is 10. The highest BCUT2D eigenvalue weighted by Gasteiger charge is 2.43. The Morgan fingerprint density at radius 1 is 1.18 bits per heavy atom. The number of fused-ring (bicyclic) bond motifs is 1. The molecule has 1 aliphatic heterocycles. The molecule has 1 aromatic carbocycles. The van der Waals surface area contributed by atoms with Crippen LogP contribution in [0.25, 0.3) is 0 Å². The second-order valence-electron chi connectivity index (χ2n) is 10.9. The number of amides is 1. The van der Waals surface area contributed by atoms with E-state index in [0.29, 0.717) is 36.2 Å². The van der Waals surface area contributed by atoms with Crippen molar-refractivity contribution in [1.29, 1.82) is 0 Å². The van der Waals surface area contributed by atoms with Gasteiger partial charge in [0.1, 0.15) is 0 Å². The number of nitrogens with one attached hydrogen (secondary N) is 1. The molecule has 0 saturated heterocycles. The molecule has 2 atom stereocenters. The summed E-state index contributed by atoms with van der Waals surface area (Å²) >= 11 is 3.34. The summed E-state index contributed by atoms with van der Waals surface area (Å²) < 4.78 is 44.7.